The Bertz CT molecular complexity index is 579. The van der Waals surface area contributed by atoms with Crippen molar-refractivity contribution in [2.24, 2.45) is 0 Å². The summed E-state index contributed by atoms with van der Waals surface area (Å²) < 4.78 is 23.5. The molecule has 0 unspecified atom stereocenters. The first-order chi connectivity index (χ1) is 9.69. The topological polar surface area (TPSA) is 35.5 Å². The van der Waals surface area contributed by atoms with Crippen molar-refractivity contribution in [3.63, 3.8) is 0 Å². The van der Waals surface area contributed by atoms with Gasteiger partial charge in [-0.3, -0.25) is 4.79 Å². The van der Waals surface area contributed by atoms with Crippen molar-refractivity contribution in [2.45, 2.75) is 13.0 Å². The monoisotopic (exact) mass is 274 g/mol. The van der Waals surface area contributed by atoms with Gasteiger partial charge < -0.3 is 9.47 Å². The normalized spacial score (nSPS) is 10.1. The number of ether oxygens (including phenoxy) is 2. The van der Waals surface area contributed by atoms with E-state index in [0.717, 1.165) is 5.56 Å². The molecule has 104 valence electrons. The van der Waals surface area contributed by atoms with E-state index in [1.54, 1.807) is 42.5 Å². The Labute approximate surface area is 117 Å². The summed E-state index contributed by atoms with van der Waals surface area (Å²) in [5, 5.41) is 0. The summed E-state index contributed by atoms with van der Waals surface area (Å²) in [5.41, 5.74) is 1.35. The third kappa shape index (κ3) is 3.82. The van der Waals surface area contributed by atoms with Gasteiger partial charge in [0.25, 0.3) is 0 Å². The van der Waals surface area contributed by atoms with Gasteiger partial charge in [0.1, 0.15) is 18.2 Å². The van der Waals surface area contributed by atoms with Crippen LogP contribution in [0.1, 0.15) is 11.1 Å². The Morgan fingerprint density at radius 3 is 2.45 bits per heavy atom. The molecule has 20 heavy (non-hydrogen) atoms. The Balaban J connectivity index is 1.94. The molecule has 2 rings (SSSR count). The summed E-state index contributed by atoms with van der Waals surface area (Å²) in [6, 6.07) is 13.6. The molecular weight excluding hydrogens is 259 g/mol. The number of rotatable bonds is 5. The number of esters is 1. The van der Waals surface area contributed by atoms with Crippen LogP contribution in [0.2, 0.25) is 0 Å². The van der Waals surface area contributed by atoms with Crippen LogP contribution < -0.4 is 4.74 Å². The molecule has 0 aliphatic rings. The third-order valence-electron chi connectivity index (χ3n) is 2.85. The van der Waals surface area contributed by atoms with Gasteiger partial charge in [0.15, 0.2) is 0 Å². The molecule has 0 bridgehead atoms. The number of benzene rings is 2. The van der Waals surface area contributed by atoms with Crippen LogP contribution >= 0.6 is 0 Å². The molecule has 2 aromatic carbocycles. The minimum atomic E-state index is -0.287. The van der Waals surface area contributed by atoms with Crippen molar-refractivity contribution in [1.29, 1.82) is 0 Å². The van der Waals surface area contributed by atoms with E-state index in [9.17, 15) is 9.18 Å². The zero-order valence-electron chi connectivity index (χ0n) is 11.1. The molecular formula is C16H15FO3. The minimum Gasteiger partial charge on any atom is -0.489 e. The lowest BCUT2D eigenvalue weighted by atomic mass is 10.1. The summed E-state index contributed by atoms with van der Waals surface area (Å²) in [4.78, 5) is 11.1. The van der Waals surface area contributed by atoms with Gasteiger partial charge >= 0.3 is 5.97 Å². The lowest BCUT2D eigenvalue weighted by Gasteiger charge is -2.08. The summed E-state index contributed by atoms with van der Waals surface area (Å²) in [5.74, 6) is 0.0571. The average molecular weight is 274 g/mol. The van der Waals surface area contributed by atoms with Crippen molar-refractivity contribution in [1.82, 2.24) is 0 Å². The smallest absolute Gasteiger partial charge is 0.309 e. The van der Waals surface area contributed by atoms with Gasteiger partial charge in [-0.1, -0.05) is 30.3 Å². The van der Waals surface area contributed by atoms with Gasteiger partial charge in [-0.15, -0.1) is 0 Å². The number of carbonyl (C=O) groups excluding carboxylic acids is 1. The zero-order valence-corrected chi connectivity index (χ0v) is 11.1. The van der Waals surface area contributed by atoms with Gasteiger partial charge in [0.2, 0.25) is 0 Å². The quantitative estimate of drug-likeness (QED) is 0.786. The first kappa shape index (κ1) is 14.1. The fourth-order valence-electron chi connectivity index (χ4n) is 1.72. The lowest BCUT2D eigenvalue weighted by molar-refractivity contribution is -0.139. The van der Waals surface area contributed by atoms with E-state index in [-0.39, 0.29) is 24.8 Å². The van der Waals surface area contributed by atoms with Gasteiger partial charge in [-0.25, -0.2) is 4.39 Å². The molecule has 0 fully saturated rings. The molecule has 0 spiro atoms. The van der Waals surface area contributed by atoms with Crippen LogP contribution in [0, 0.1) is 5.82 Å². The minimum absolute atomic E-state index is 0.170. The molecule has 0 aliphatic heterocycles. The van der Waals surface area contributed by atoms with Crippen LogP contribution in [0.15, 0.2) is 48.5 Å². The maximum Gasteiger partial charge on any atom is 0.309 e. The molecule has 2 aromatic rings. The predicted molar refractivity (Wildman–Crippen MR) is 72.9 cm³/mol. The Hall–Kier alpha value is -2.36. The highest BCUT2D eigenvalue weighted by atomic mass is 19.1. The number of carbonyl (C=O) groups is 1. The zero-order chi connectivity index (χ0) is 14.4. The molecule has 0 N–H and O–H groups in total. The molecule has 0 aromatic heterocycles. The lowest BCUT2D eigenvalue weighted by Crippen LogP contribution is -2.04. The van der Waals surface area contributed by atoms with Crippen molar-refractivity contribution >= 4 is 5.97 Å². The van der Waals surface area contributed by atoms with E-state index in [1.165, 1.54) is 13.2 Å². The van der Waals surface area contributed by atoms with Crippen LogP contribution in [-0.4, -0.2) is 13.1 Å². The van der Waals surface area contributed by atoms with Crippen LogP contribution in [0.5, 0.6) is 5.75 Å². The van der Waals surface area contributed by atoms with E-state index in [1.807, 2.05) is 0 Å². The SMILES string of the molecule is COC(=O)Cc1ccc(OCc2ccccc2F)cc1. The van der Waals surface area contributed by atoms with E-state index in [2.05, 4.69) is 4.74 Å². The summed E-state index contributed by atoms with van der Waals surface area (Å²) in [6.45, 7) is 0.170. The number of halogens is 1. The Morgan fingerprint density at radius 1 is 1.10 bits per heavy atom. The molecule has 4 heteroatoms. The maximum absolute atomic E-state index is 13.4. The molecule has 0 amide bonds. The first-order valence-electron chi connectivity index (χ1n) is 6.21. The maximum atomic E-state index is 13.4. The largest absolute Gasteiger partial charge is 0.489 e. The molecule has 0 aliphatic carbocycles. The van der Waals surface area contributed by atoms with Gasteiger partial charge in [-0.2, -0.15) is 0 Å². The highest BCUT2D eigenvalue weighted by molar-refractivity contribution is 5.72. The second-order valence-electron chi connectivity index (χ2n) is 4.28. The number of methoxy groups -OCH3 is 1. The molecule has 0 heterocycles. The number of hydrogen-bond donors (Lipinski definition) is 0. The second kappa shape index (κ2) is 6.70. The van der Waals surface area contributed by atoms with Crippen LogP contribution in [0.3, 0.4) is 0 Å². The predicted octanol–water partition coefficient (Wildman–Crippen LogP) is 3.12. The molecule has 0 radical (unpaired) electrons. The summed E-state index contributed by atoms with van der Waals surface area (Å²) in [6.07, 6.45) is 0.226. The number of hydrogen-bond acceptors (Lipinski definition) is 3. The standard InChI is InChI=1S/C16H15FO3/c1-19-16(18)10-12-6-8-14(9-7-12)20-11-13-4-2-3-5-15(13)17/h2-9H,10-11H2,1H3. The van der Waals surface area contributed by atoms with E-state index in [4.69, 9.17) is 4.74 Å². The molecule has 0 atom stereocenters. The van der Waals surface area contributed by atoms with Gasteiger partial charge in [0.05, 0.1) is 13.5 Å². The van der Waals surface area contributed by atoms with Crippen LogP contribution in [0.25, 0.3) is 0 Å². The fraction of sp³-hybridized carbons (Fsp3) is 0.188. The molecule has 0 saturated heterocycles. The fourth-order valence-corrected chi connectivity index (χ4v) is 1.72. The van der Waals surface area contributed by atoms with Gasteiger partial charge in [-0.05, 0) is 23.8 Å². The van der Waals surface area contributed by atoms with Crippen LogP contribution in [-0.2, 0) is 22.6 Å². The highest BCUT2D eigenvalue weighted by Crippen LogP contribution is 2.16. The van der Waals surface area contributed by atoms with Crippen LogP contribution in [0.4, 0.5) is 4.39 Å². The Morgan fingerprint density at radius 2 is 1.80 bits per heavy atom. The second-order valence-corrected chi connectivity index (χ2v) is 4.28. The van der Waals surface area contributed by atoms with Gasteiger partial charge in [0, 0.05) is 5.56 Å². The van der Waals surface area contributed by atoms with E-state index >= 15 is 0 Å². The molecule has 3 nitrogen and oxygen atoms in total. The van der Waals surface area contributed by atoms with Crippen molar-refractivity contribution in [3.05, 3.63) is 65.5 Å². The molecule has 0 saturated carbocycles. The Kier molecular flexibility index (Phi) is 4.71. The first-order valence-corrected chi connectivity index (χ1v) is 6.21. The van der Waals surface area contributed by atoms with E-state index in [0.29, 0.717) is 11.3 Å². The third-order valence-corrected chi connectivity index (χ3v) is 2.85. The van der Waals surface area contributed by atoms with Crippen molar-refractivity contribution in [3.8, 4) is 5.75 Å². The van der Waals surface area contributed by atoms with E-state index < -0.39 is 0 Å². The summed E-state index contributed by atoms with van der Waals surface area (Å²) in [7, 11) is 1.36. The van der Waals surface area contributed by atoms with Crippen molar-refractivity contribution < 1.29 is 18.7 Å². The highest BCUT2D eigenvalue weighted by Gasteiger charge is 2.04. The average Bonchev–Trinajstić information content (AvgIpc) is 2.48. The van der Waals surface area contributed by atoms with Crippen molar-refractivity contribution in [2.75, 3.05) is 7.11 Å². The summed E-state index contributed by atoms with van der Waals surface area (Å²) >= 11 is 0.